The first kappa shape index (κ1) is 14.2. The molecule has 0 saturated heterocycles. The molecule has 0 aliphatic heterocycles. The maximum atomic E-state index is 12.1. The van der Waals surface area contributed by atoms with Crippen LogP contribution in [0.15, 0.2) is 39.8 Å². The molecule has 0 fully saturated rings. The number of aryl methyl sites for hydroxylation is 2. The molecule has 19 heavy (non-hydrogen) atoms. The van der Waals surface area contributed by atoms with Crippen molar-refractivity contribution in [2.75, 3.05) is 0 Å². The topological polar surface area (TPSA) is 64.0 Å². The Morgan fingerprint density at radius 1 is 1.42 bits per heavy atom. The summed E-state index contributed by atoms with van der Waals surface area (Å²) in [6.45, 7) is 2.08. The monoisotopic (exact) mass is 343 g/mol. The zero-order chi connectivity index (χ0) is 14.0. The van der Waals surface area contributed by atoms with Gasteiger partial charge in [-0.25, -0.2) is 13.1 Å². The van der Waals surface area contributed by atoms with E-state index in [0.717, 1.165) is 15.7 Å². The van der Waals surface area contributed by atoms with E-state index in [1.54, 1.807) is 42.2 Å². The van der Waals surface area contributed by atoms with Crippen LogP contribution in [-0.4, -0.2) is 18.2 Å². The first-order valence-corrected chi connectivity index (χ1v) is 7.90. The van der Waals surface area contributed by atoms with Crippen LogP contribution in [0.25, 0.3) is 0 Å². The van der Waals surface area contributed by atoms with E-state index < -0.39 is 10.0 Å². The molecule has 5 nitrogen and oxygen atoms in total. The average molecular weight is 344 g/mol. The van der Waals surface area contributed by atoms with Gasteiger partial charge in [-0.15, -0.1) is 0 Å². The van der Waals surface area contributed by atoms with Gasteiger partial charge in [0.15, 0.2) is 0 Å². The van der Waals surface area contributed by atoms with E-state index in [1.807, 2.05) is 6.92 Å². The van der Waals surface area contributed by atoms with Crippen molar-refractivity contribution in [3.63, 3.8) is 0 Å². The van der Waals surface area contributed by atoms with Gasteiger partial charge in [-0.2, -0.15) is 5.10 Å². The number of nitrogens with zero attached hydrogens (tertiary/aromatic N) is 2. The second kappa shape index (κ2) is 5.44. The number of rotatable bonds is 4. The summed E-state index contributed by atoms with van der Waals surface area (Å²) in [5, 5.41) is 4.17. The summed E-state index contributed by atoms with van der Waals surface area (Å²) in [4.78, 5) is 0.239. The smallest absolute Gasteiger partial charge is 0.240 e. The Morgan fingerprint density at radius 3 is 2.74 bits per heavy atom. The normalized spacial score (nSPS) is 11.7. The maximum Gasteiger partial charge on any atom is 0.240 e. The predicted molar refractivity (Wildman–Crippen MR) is 76.1 cm³/mol. The first-order valence-electron chi connectivity index (χ1n) is 5.63. The Kier molecular flexibility index (Phi) is 4.07. The van der Waals surface area contributed by atoms with Gasteiger partial charge in [0, 0.05) is 29.8 Å². The summed E-state index contributed by atoms with van der Waals surface area (Å²) in [6.07, 6.45) is 1.80. The highest BCUT2D eigenvalue weighted by molar-refractivity contribution is 9.10. The fraction of sp³-hybridized carbons (Fsp3) is 0.250. The Hall–Kier alpha value is -1.18. The van der Waals surface area contributed by atoms with Crippen molar-refractivity contribution in [1.82, 2.24) is 14.5 Å². The molecule has 1 aromatic heterocycles. The second-order valence-corrected chi connectivity index (χ2v) is 6.88. The summed E-state index contributed by atoms with van der Waals surface area (Å²) in [5.41, 5.74) is 1.68. The van der Waals surface area contributed by atoms with E-state index in [1.165, 1.54) is 0 Å². The first-order chi connectivity index (χ1) is 8.88. The number of halogens is 1. The zero-order valence-corrected chi connectivity index (χ0v) is 13.0. The van der Waals surface area contributed by atoms with Gasteiger partial charge in [0.2, 0.25) is 10.0 Å². The van der Waals surface area contributed by atoms with Gasteiger partial charge in [0.25, 0.3) is 0 Å². The van der Waals surface area contributed by atoms with Crippen LogP contribution in [0.5, 0.6) is 0 Å². The molecule has 0 bridgehead atoms. The molecule has 2 aromatic rings. The molecule has 0 aliphatic rings. The largest absolute Gasteiger partial charge is 0.275 e. The van der Waals surface area contributed by atoms with E-state index in [-0.39, 0.29) is 11.4 Å². The molecule has 0 spiro atoms. The SMILES string of the molecule is Cc1nn(C)cc1CNS(=O)(=O)c1cccc(Br)c1. The van der Waals surface area contributed by atoms with Crippen LogP contribution in [-0.2, 0) is 23.6 Å². The van der Waals surface area contributed by atoms with Gasteiger partial charge >= 0.3 is 0 Å². The molecule has 0 aliphatic carbocycles. The number of sulfonamides is 1. The minimum absolute atomic E-state index is 0.231. The molecule has 2 rings (SSSR count). The highest BCUT2D eigenvalue weighted by Gasteiger charge is 2.15. The standard InChI is InChI=1S/C12H14BrN3O2S/c1-9-10(8-16(2)15-9)7-14-19(17,18)12-5-3-4-11(13)6-12/h3-6,8,14H,7H2,1-2H3. The average Bonchev–Trinajstić information content (AvgIpc) is 2.65. The van der Waals surface area contributed by atoms with Crippen molar-refractivity contribution in [2.24, 2.45) is 7.05 Å². The third-order valence-electron chi connectivity index (χ3n) is 2.67. The minimum atomic E-state index is -3.51. The van der Waals surface area contributed by atoms with Crippen LogP contribution < -0.4 is 4.72 Å². The van der Waals surface area contributed by atoms with Crippen LogP contribution in [0, 0.1) is 6.92 Å². The fourth-order valence-electron chi connectivity index (χ4n) is 1.71. The van der Waals surface area contributed by atoms with Gasteiger partial charge in [-0.1, -0.05) is 22.0 Å². The number of hydrogen-bond donors (Lipinski definition) is 1. The Bertz CT molecular complexity index is 695. The van der Waals surface area contributed by atoms with Gasteiger partial charge in [-0.05, 0) is 25.1 Å². The molecule has 0 saturated carbocycles. The number of nitrogens with one attached hydrogen (secondary N) is 1. The zero-order valence-electron chi connectivity index (χ0n) is 10.6. The van der Waals surface area contributed by atoms with Crippen LogP contribution >= 0.6 is 15.9 Å². The number of benzene rings is 1. The number of aromatic nitrogens is 2. The summed E-state index contributed by atoms with van der Waals surface area (Å²) in [7, 11) is -1.70. The predicted octanol–water partition coefficient (Wildman–Crippen LogP) is 1.97. The van der Waals surface area contributed by atoms with Gasteiger partial charge in [0.05, 0.1) is 10.6 Å². The van der Waals surface area contributed by atoms with E-state index in [0.29, 0.717) is 0 Å². The molecular formula is C12H14BrN3O2S. The Labute approximate surface area is 120 Å². The van der Waals surface area contributed by atoms with Crippen LogP contribution in [0.3, 0.4) is 0 Å². The molecule has 0 radical (unpaired) electrons. The van der Waals surface area contributed by atoms with Crippen molar-refractivity contribution in [3.05, 3.63) is 46.2 Å². The van der Waals surface area contributed by atoms with Crippen molar-refractivity contribution < 1.29 is 8.42 Å². The fourth-order valence-corrected chi connectivity index (χ4v) is 3.32. The van der Waals surface area contributed by atoms with Crippen LogP contribution in [0.4, 0.5) is 0 Å². The minimum Gasteiger partial charge on any atom is -0.275 e. The molecule has 1 heterocycles. The van der Waals surface area contributed by atoms with Gasteiger partial charge in [-0.3, -0.25) is 4.68 Å². The van der Waals surface area contributed by atoms with E-state index in [4.69, 9.17) is 0 Å². The lowest BCUT2D eigenvalue weighted by molar-refractivity contribution is 0.581. The molecule has 7 heteroatoms. The summed E-state index contributed by atoms with van der Waals surface area (Å²) in [5.74, 6) is 0. The van der Waals surface area contributed by atoms with E-state index >= 15 is 0 Å². The van der Waals surface area contributed by atoms with Gasteiger partial charge < -0.3 is 0 Å². The molecule has 1 N–H and O–H groups in total. The summed E-state index contributed by atoms with van der Waals surface area (Å²) < 4.78 is 29.2. The van der Waals surface area contributed by atoms with Crippen molar-refractivity contribution in [2.45, 2.75) is 18.4 Å². The highest BCUT2D eigenvalue weighted by Crippen LogP contribution is 2.16. The maximum absolute atomic E-state index is 12.1. The second-order valence-electron chi connectivity index (χ2n) is 4.20. The molecule has 1 aromatic carbocycles. The Morgan fingerprint density at radius 2 is 2.16 bits per heavy atom. The van der Waals surface area contributed by atoms with E-state index in [9.17, 15) is 8.42 Å². The van der Waals surface area contributed by atoms with Crippen molar-refractivity contribution in [1.29, 1.82) is 0 Å². The third kappa shape index (κ3) is 3.43. The van der Waals surface area contributed by atoms with Crippen molar-refractivity contribution in [3.8, 4) is 0 Å². The molecule has 102 valence electrons. The highest BCUT2D eigenvalue weighted by atomic mass is 79.9. The van der Waals surface area contributed by atoms with Crippen LogP contribution in [0.2, 0.25) is 0 Å². The quantitative estimate of drug-likeness (QED) is 0.922. The van der Waals surface area contributed by atoms with Crippen LogP contribution in [0.1, 0.15) is 11.3 Å². The lowest BCUT2D eigenvalue weighted by Crippen LogP contribution is -2.23. The third-order valence-corrected chi connectivity index (χ3v) is 4.57. The molecule has 0 atom stereocenters. The summed E-state index contributed by atoms with van der Waals surface area (Å²) >= 11 is 3.26. The summed E-state index contributed by atoms with van der Waals surface area (Å²) in [6, 6.07) is 6.60. The molecule has 0 unspecified atom stereocenters. The van der Waals surface area contributed by atoms with E-state index in [2.05, 4.69) is 25.8 Å². The Balaban J connectivity index is 2.16. The molecular weight excluding hydrogens is 330 g/mol. The van der Waals surface area contributed by atoms with Gasteiger partial charge in [0.1, 0.15) is 0 Å². The van der Waals surface area contributed by atoms with Crippen molar-refractivity contribution >= 4 is 26.0 Å². The lowest BCUT2D eigenvalue weighted by atomic mass is 10.3. The molecule has 0 amide bonds. The lowest BCUT2D eigenvalue weighted by Gasteiger charge is -2.06. The number of hydrogen-bond acceptors (Lipinski definition) is 3.